The van der Waals surface area contributed by atoms with E-state index in [2.05, 4.69) is 43.0 Å². The highest BCUT2D eigenvalue weighted by atomic mass is 16.3. The maximum absolute atomic E-state index is 8.91. The lowest BCUT2D eigenvalue weighted by atomic mass is 10.0. The topological polar surface area (TPSA) is 49.5 Å². The SMILES string of the molecule is CCN(CCCO)C(CN)c1ccc(C)cc1. The molecule has 0 aliphatic carbocycles. The maximum atomic E-state index is 8.91. The Labute approximate surface area is 104 Å². The van der Waals surface area contributed by atoms with Crippen LogP contribution in [0.5, 0.6) is 0 Å². The highest BCUT2D eigenvalue weighted by Gasteiger charge is 2.16. The molecule has 0 bridgehead atoms. The van der Waals surface area contributed by atoms with Crippen molar-refractivity contribution >= 4 is 0 Å². The van der Waals surface area contributed by atoms with Gasteiger partial charge in [0.25, 0.3) is 0 Å². The standard InChI is InChI=1S/C14H24N2O/c1-3-16(9-4-10-17)14(11-15)13-7-5-12(2)6-8-13/h5-8,14,17H,3-4,9-11,15H2,1-2H3. The highest BCUT2D eigenvalue weighted by Crippen LogP contribution is 2.20. The predicted molar refractivity (Wildman–Crippen MR) is 71.9 cm³/mol. The van der Waals surface area contributed by atoms with E-state index in [4.69, 9.17) is 10.8 Å². The summed E-state index contributed by atoms with van der Waals surface area (Å²) < 4.78 is 0. The van der Waals surface area contributed by atoms with Crippen LogP contribution in [0.15, 0.2) is 24.3 Å². The average molecular weight is 236 g/mol. The molecular weight excluding hydrogens is 212 g/mol. The van der Waals surface area contributed by atoms with Crippen LogP contribution in [0.4, 0.5) is 0 Å². The minimum absolute atomic E-state index is 0.238. The zero-order chi connectivity index (χ0) is 12.7. The molecule has 0 aliphatic rings. The first-order valence-corrected chi connectivity index (χ1v) is 6.34. The molecule has 0 amide bonds. The minimum Gasteiger partial charge on any atom is -0.396 e. The summed E-state index contributed by atoms with van der Waals surface area (Å²) in [6.45, 7) is 6.92. The normalized spacial score (nSPS) is 13.0. The van der Waals surface area contributed by atoms with Gasteiger partial charge in [0.15, 0.2) is 0 Å². The molecule has 0 radical (unpaired) electrons. The van der Waals surface area contributed by atoms with Crippen molar-refractivity contribution in [2.75, 3.05) is 26.2 Å². The second kappa shape index (κ2) is 7.43. The van der Waals surface area contributed by atoms with Gasteiger partial charge in [-0.05, 0) is 25.5 Å². The van der Waals surface area contributed by atoms with E-state index in [9.17, 15) is 0 Å². The van der Waals surface area contributed by atoms with Gasteiger partial charge in [-0.25, -0.2) is 0 Å². The molecule has 0 saturated carbocycles. The van der Waals surface area contributed by atoms with Crippen molar-refractivity contribution < 1.29 is 5.11 Å². The highest BCUT2D eigenvalue weighted by molar-refractivity contribution is 5.24. The third-order valence-electron chi connectivity index (χ3n) is 3.14. The Morgan fingerprint density at radius 2 is 1.94 bits per heavy atom. The molecule has 0 saturated heterocycles. The van der Waals surface area contributed by atoms with Crippen molar-refractivity contribution in [3.63, 3.8) is 0 Å². The van der Waals surface area contributed by atoms with Gasteiger partial charge in [-0.2, -0.15) is 0 Å². The van der Waals surface area contributed by atoms with Crippen LogP contribution in [0.3, 0.4) is 0 Å². The Bertz CT molecular complexity index is 311. The molecule has 3 heteroatoms. The van der Waals surface area contributed by atoms with E-state index in [1.54, 1.807) is 0 Å². The summed E-state index contributed by atoms with van der Waals surface area (Å²) in [5, 5.41) is 8.91. The second-order valence-corrected chi connectivity index (χ2v) is 4.37. The van der Waals surface area contributed by atoms with E-state index in [0.717, 1.165) is 19.5 Å². The van der Waals surface area contributed by atoms with Crippen LogP contribution in [-0.2, 0) is 0 Å². The minimum atomic E-state index is 0.238. The van der Waals surface area contributed by atoms with Crippen molar-refractivity contribution in [1.82, 2.24) is 4.90 Å². The molecule has 0 heterocycles. The maximum Gasteiger partial charge on any atom is 0.0470 e. The molecule has 3 N–H and O–H groups in total. The van der Waals surface area contributed by atoms with Crippen LogP contribution < -0.4 is 5.73 Å². The van der Waals surface area contributed by atoms with Crippen molar-refractivity contribution in [3.8, 4) is 0 Å². The number of likely N-dealkylation sites (N-methyl/N-ethyl adjacent to an activating group) is 1. The summed E-state index contributed by atoms with van der Waals surface area (Å²) in [7, 11) is 0. The molecule has 1 atom stereocenters. The van der Waals surface area contributed by atoms with Crippen molar-refractivity contribution in [2.24, 2.45) is 5.73 Å². The summed E-state index contributed by atoms with van der Waals surface area (Å²) in [5.74, 6) is 0. The van der Waals surface area contributed by atoms with Crippen LogP contribution in [0.25, 0.3) is 0 Å². The summed E-state index contributed by atoms with van der Waals surface area (Å²) in [4.78, 5) is 2.32. The number of aryl methyl sites for hydroxylation is 1. The Hall–Kier alpha value is -0.900. The summed E-state index contributed by atoms with van der Waals surface area (Å²) in [6, 6.07) is 8.80. The van der Waals surface area contributed by atoms with Gasteiger partial charge < -0.3 is 10.8 Å². The number of hydrogen-bond acceptors (Lipinski definition) is 3. The van der Waals surface area contributed by atoms with Gasteiger partial charge in [0.05, 0.1) is 0 Å². The molecule has 1 aromatic rings. The summed E-state index contributed by atoms with van der Waals surface area (Å²) in [5.41, 5.74) is 8.42. The molecule has 3 nitrogen and oxygen atoms in total. The van der Waals surface area contributed by atoms with Gasteiger partial charge in [-0.1, -0.05) is 36.8 Å². The molecule has 0 spiro atoms. The first-order chi connectivity index (χ1) is 8.22. The zero-order valence-electron chi connectivity index (χ0n) is 10.9. The van der Waals surface area contributed by atoms with Gasteiger partial charge >= 0.3 is 0 Å². The fraction of sp³-hybridized carbons (Fsp3) is 0.571. The zero-order valence-corrected chi connectivity index (χ0v) is 10.9. The third-order valence-corrected chi connectivity index (χ3v) is 3.14. The van der Waals surface area contributed by atoms with Gasteiger partial charge in [-0.3, -0.25) is 4.90 Å². The molecule has 1 unspecified atom stereocenters. The van der Waals surface area contributed by atoms with E-state index in [0.29, 0.717) is 6.54 Å². The molecule has 0 aliphatic heterocycles. The molecular formula is C14H24N2O. The first-order valence-electron chi connectivity index (χ1n) is 6.34. The van der Waals surface area contributed by atoms with E-state index in [-0.39, 0.29) is 12.6 Å². The van der Waals surface area contributed by atoms with Gasteiger partial charge in [0.1, 0.15) is 0 Å². The molecule has 1 rings (SSSR count). The predicted octanol–water partition coefficient (Wildman–Crippen LogP) is 1.70. The number of aliphatic hydroxyl groups is 1. The smallest absolute Gasteiger partial charge is 0.0470 e. The van der Waals surface area contributed by atoms with E-state index >= 15 is 0 Å². The van der Waals surface area contributed by atoms with Crippen molar-refractivity contribution in [1.29, 1.82) is 0 Å². The van der Waals surface area contributed by atoms with Gasteiger partial charge in [-0.15, -0.1) is 0 Å². The molecule has 96 valence electrons. The lowest BCUT2D eigenvalue weighted by molar-refractivity contribution is 0.185. The Kier molecular flexibility index (Phi) is 6.19. The number of nitrogens with two attached hydrogens (primary N) is 1. The number of aliphatic hydroxyl groups excluding tert-OH is 1. The quantitative estimate of drug-likeness (QED) is 0.757. The van der Waals surface area contributed by atoms with Crippen LogP contribution in [0, 0.1) is 6.92 Å². The Morgan fingerprint density at radius 1 is 1.29 bits per heavy atom. The van der Waals surface area contributed by atoms with Crippen LogP contribution in [-0.4, -0.2) is 36.2 Å². The molecule has 0 aromatic heterocycles. The number of hydrogen-bond donors (Lipinski definition) is 2. The molecule has 17 heavy (non-hydrogen) atoms. The van der Waals surface area contributed by atoms with Crippen molar-refractivity contribution in [2.45, 2.75) is 26.3 Å². The monoisotopic (exact) mass is 236 g/mol. The fourth-order valence-electron chi connectivity index (χ4n) is 2.09. The van der Waals surface area contributed by atoms with Crippen LogP contribution in [0.1, 0.15) is 30.5 Å². The number of nitrogens with zero attached hydrogens (tertiary/aromatic N) is 1. The van der Waals surface area contributed by atoms with Crippen LogP contribution in [0.2, 0.25) is 0 Å². The van der Waals surface area contributed by atoms with Crippen LogP contribution >= 0.6 is 0 Å². The van der Waals surface area contributed by atoms with Crippen molar-refractivity contribution in [3.05, 3.63) is 35.4 Å². The Morgan fingerprint density at radius 3 is 2.41 bits per heavy atom. The Balaban J connectivity index is 2.77. The second-order valence-electron chi connectivity index (χ2n) is 4.37. The lowest BCUT2D eigenvalue weighted by Crippen LogP contribution is -2.34. The fourth-order valence-corrected chi connectivity index (χ4v) is 2.09. The van der Waals surface area contributed by atoms with Gasteiger partial charge in [0, 0.05) is 25.7 Å². The lowest BCUT2D eigenvalue weighted by Gasteiger charge is -2.30. The number of benzene rings is 1. The summed E-state index contributed by atoms with van der Waals surface area (Å²) in [6.07, 6.45) is 0.802. The molecule has 0 fully saturated rings. The van der Waals surface area contributed by atoms with E-state index < -0.39 is 0 Å². The molecule has 1 aromatic carbocycles. The van der Waals surface area contributed by atoms with Gasteiger partial charge in [0.2, 0.25) is 0 Å². The number of rotatable bonds is 7. The van der Waals surface area contributed by atoms with E-state index in [1.165, 1.54) is 11.1 Å². The third kappa shape index (κ3) is 4.11. The summed E-state index contributed by atoms with van der Waals surface area (Å²) >= 11 is 0. The largest absolute Gasteiger partial charge is 0.396 e. The van der Waals surface area contributed by atoms with E-state index in [1.807, 2.05) is 0 Å². The average Bonchev–Trinajstić information content (AvgIpc) is 2.36. The first kappa shape index (κ1) is 14.2.